The number of carbonyl (C=O) groups is 1. The maximum atomic E-state index is 11.7. The number of carbonyl (C=O) groups excluding carboxylic acids is 1. The Kier molecular flexibility index (Phi) is 4.62. The third-order valence-electron chi connectivity index (χ3n) is 2.34. The second-order valence-electron chi connectivity index (χ2n) is 4.44. The molecule has 6 heteroatoms. The molecule has 1 heterocycles. The van der Waals surface area contributed by atoms with Crippen molar-refractivity contribution in [2.75, 3.05) is 12.4 Å². The van der Waals surface area contributed by atoms with Crippen LogP contribution in [0.4, 0.5) is 5.13 Å². The van der Waals surface area contributed by atoms with E-state index in [9.17, 15) is 9.90 Å². The molecular weight excluding hydrogens is 240 g/mol. The van der Waals surface area contributed by atoms with Crippen molar-refractivity contribution >= 4 is 22.4 Å². The number of nitrogens with one attached hydrogen (secondary N) is 1. The summed E-state index contributed by atoms with van der Waals surface area (Å²) in [4.78, 5) is 15.8. The fourth-order valence-corrected chi connectivity index (χ4v) is 1.97. The van der Waals surface area contributed by atoms with Crippen molar-refractivity contribution in [1.82, 2.24) is 4.98 Å². The first-order chi connectivity index (χ1) is 7.84. The van der Waals surface area contributed by atoms with Crippen LogP contribution >= 0.6 is 11.3 Å². The second-order valence-corrected chi connectivity index (χ2v) is 5.30. The van der Waals surface area contributed by atoms with Crippen molar-refractivity contribution in [2.24, 2.45) is 0 Å². The Labute approximate surface area is 105 Å². The minimum absolute atomic E-state index is 0.150. The summed E-state index contributed by atoms with van der Waals surface area (Å²) in [5.41, 5.74) is 0.0744. The van der Waals surface area contributed by atoms with Crippen LogP contribution in [0.5, 0.6) is 0 Å². The van der Waals surface area contributed by atoms with Gasteiger partial charge in [-0.3, -0.25) is 4.79 Å². The van der Waals surface area contributed by atoms with Crippen LogP contribution in [-0.4, -0.2) is 28.7 Å². The molecule has 96 valence electrons. The smallest absolute Gasteiger partial charge is 0.229 e. The van der Waals surface area contributed by atoms with Crippen molar-refractivity contribution in [3.63, 3.8) is 0 Å². The monoisotopic (exact) mass is 258 g/mol. The largest absolute Gasteiger partial charge is 0.387 e. The highest BCUT2D eigenvalue weighted by atomic mass is 32.1. The van der Waals surface area contributed by atoms with Gasteiger partial charge in [-0.25, -0.2) is 4.98 Å². The highest BCUT2D eigenvalue weighted by Crippen LogP contribution is 2.21. The number of aromatic nitrogens is 1. The Balaban J connectivity index is 2.56. The minimum atomic E-state index is -0.618. The summed E-state index contributed by atoms with van der Waals surface area (Å²) in [6, 6.07) is 0. The first-order valence-corrected chi connectivity index (χ1v) is 6.20. The highest BCUT2D eigenvalue weighted by molar-refractivity contribution is 7.13. The van der Waals surface area contributed by atoms with Crippen LogP contribution in [0.15, 0.2) is 5.38 Å². The van der Waals surface area contributed by atoms with Gasteiger partial charge in [0.2, 0.25) is 5.91 Å². The lowest BCUT2D eigenvalue weighted by Gasteiger charge is -2.21. The average Bonchev–Trinajstić information content (AvgIpc) is 2.65. The van der Waals surface area contributed by atoms with E-state index in [4.69, 9.17) is 4.74 Å². The van der Waals surface area contributed by atoms with E-state index in [1.165, 1.54) is 11.3 Å². The number of amides is 1. The van der Waals surface area contributed by atoms with Gasteiger partial charge in [-0.2, -0.15) is 0 Å². The van der Waals surface area contributed by atoms with Gasteiger partial charge in [0.1, 0.15) is 0 Å². The molecule has 1 rings (SSSR count). The van der Waals surface area contributed by atoms with Gasteiger partial charge in [0.25, 0.3) is 0 Å². The summed E-state index contributed by atoms with van der Waals surface area (Å²) >= 11 is 1.30. The summed E-state index contributed by atoms with van der Waals surface area (Å²) in [5, 5.41) is 14.2. The van der Waals surface area contributed by atoms with E-state index in [0.29, 0.717) is 10.8 Å². The number of rotatable bonds is 5. The molecule has 5 nitrogen and oxygen atoms in total. The number of anilines is 1. The van der Waals surface area contributed by atoms with E-state index in [-0.39, 0.29) is 12.3 Å². The van der Waals surface area contributed by atoms with Gasteiger partial charge in [-0.15, -0.1) is 11.3 Å². The van der Waals surface area contributed by atoms with Crippen LogP contribution in [0.1, 0.15) is 39.0 Å². The molecule has 1 aromatic heterocycles. The maximum absolute atomic E-state index is 11.7. The second kappa shape index (κ2) is 5.57. The fraction of sp³-hybridized carbons (Fsp3) is 0.636. The first-order valence-electron chi connectivity index (χ1n) is 5.32. The Hall–Kier alpha value is -0.980. The topological polar surface area (TPSA) is 71.5 Å². The van der Waals surface area contributed by atoms with Crippen molar-refractivity contribution in [3.8, 4) is 0 Å². The summed E-state index contributed by atoms with van der Waals surface area (Å²) in [5.74, 6) is -0.150. The lowest BCUT2D eigenvalue weighted by Crippen LogP contribution is -2.29. The third kappa shape index (κ3) is 4.41. The van der Waals surface area contributed by atoms with E-state index in [1.54, 1.807) is 19.4 Å². The summed E-state index contributed by atoms with van der Waals surface area (Å²) in [7, 11) is 1.57. The molecule has 2 N–H and O–H groups in total. The molecule has 0 aliphatic carbocycles. The van der Waals surface area contributed by atoms with Crippen molar-refractivity contribution in [2.45, 2.75) is 38.9 Å². The zero-order valence-electron chi connectivity index (χ0n) is 10.5. The molecule has 1 unspecified atom stereocenters. The molecule has 0 spiro atoms. The molecule has 0 aliphatic heterocycles. The average molecular weight is 258 g/mol. The quantitative estimate of drug-likeness (QED) is 0.846. The Morgan fingerprint density at radius 2 is 2.35 bits per heavy atom. The number of methoxy groups -OCH3 is 1. The van der Waals surface area contributed by atoms with Crippen LogP contribution in [0, 0.1) is 0 Å². The van der Waals surface area contributed by atoms with E-state index < -0.39 is 11.7 Å². The third-order valence-corrected chi connectivity index (χ3v) is 3.11. The van der Waals surface area contributed by atoms with E-state index in [0.717, 1.165) is 0 Å². The summed E-state index contributed by atoms with van der Waals surface area (Å²) in [6.07, 6.45) is -0.361. The molecule has 17 heavy (non-hydrogen) atoms. The summed E-state index contributed by atoms with van der Waals surface area (Å²) < 4.78 is 5.17. The number of aliphatic hydroxyl groups is 1. The normalized spacial score (nSPS) is 13.5. The highest BCUT2D eigenvalue weighted by Gasteiger charge is 2.21. The van der Waals surface area contributed by atoms with Gasteiger partial charge >= 0.3 is 0 Å². The lowest BCUT2D eigenvalue weighted by molar-refractivity contribution is -0.121. The number of aliphatic hydroxyl groups excluding tert-OH is 1. The van der Waals surface area contributed by atoms with E-state index >= 15 is 0 Å². The lowest BCUT2D eigenvalue weighted by atomic mass is 10.1. The molecule has 0 saturated carbocycles. The van der Waals surface area contributed by atoms with Crippen LogP contribution < -0.4 is 5.32 Å². The van der Waals surface area contributed by atoms with Gasteiger partial charge in [0.15, 0.2) is 5.13 Å². The number of nitrogens with zero attached hydrogens (tertiary/aromatic N) is 1. The SMILES string of the molecule is COC(C)(C)CC(=O)Nc1nc(C(C)O)cs1. The Morgan fingerprint density at radius 1 is 1.71 bits per heavy atom. The number of hydrogen-bond donors (Lipinski definition) is 2. The fourth-order valence-electron chi connectivity index (χ4n) is 1.16. The maximum Gasteiger partial charge on any atom is 0.229 e. The van der Waals surface area contributed by atoms with Crippen LogP contribution in [0.25, 0.3) is 0 Å². The van der Waals surface area contributed by atoms with Crippen LogP contribution in [0.2, 0.25) is 0 Å². The molecule has 0 bridgehead atoms. The first kappa shape index (κ1) is 14.1. The van der Waals surface area contributed by atoms with E-state index in [1.807, 2.05) is 13.8 Å². The van der Waals surface area contributed by atoms with Gasteiger partial charge in [-0.1, -0.05) is 0 Å². The molecule has 0 fully saturated rings. The molecule has 1 aromatic rings. The molecule has 1 amide bonds. The van der Waals surface area contributed by atoms with Crippen LogP contribution in [0.3, 0.4) is 0 Å². The Morgan fingerprint density at radius 3 is 2.82 bits per heavy atom. The standard InChI is InChI=1S/C11H18N2O3S/c1-7(14)8-6-17-10(12-8)13-9(15)5-11(2,3)16-4/h6-7,14H,5H2,1-4H3,(H,12,13,15). The zero-order chi connectivity index (χ0) is 13.1. The van der Waals surface area contributed by atoms with Gasteiger partial charge in [0, 0.05) is 12.5 Å². The van der Waals surface area contributed by atoms with Gasteiger partial charge in [-0.05, 0) is 20.8 Å². The van der Waals surface area contributed by atoms with Crippen molar-refractivity contribution in [1.29, 1.82) is 0 Å². The van der Waals surface area contributed by atoms with E-state index in [2.05, 4.69) is 10.3 Å². The summed E-state index contributed by atoms with van der Waals surface area (Å²) in [6.45, 7) is 5.32. The van der Waals surface area contributed by atoms with Crippen molar-refractivity contribution in [3.05, 3.63) is 11.1 Å². The van der Waals surface area contributed by atoms with Crippen molar-refractivity contribution < 1.29 is 14.6 Å². The minimum Gasteiger partial charge on any atom is -0.387 e. The molecule has 0 aliphatic rings. The Bertz CT molecular complexity index is 388. The number of hydrogen-bond acceptors (Lipinski definition) is 5. The molecule has 0 radical (unpaired) electrons. The zero-order valence-corrected chi connectivity index (χ0v) is 11.3. The number of ether oxygens (including phenoxy) is 1. The molecule has 0 saturated heterocycles. The predicted molar refractivity (Wildman–Crippen MR) is 67.1 cm³/mol. The molecule has 1 atom stereocenters. The van der Waals surface area contributed by atoms with Gasteiger partial charge in [0.05, 0.1) is 23.8 Å². The number of thiazole rings is 1. The van der Waals surface area contributed by atoms with Gasteiger partial charge < -0.3 is 15.2 Å². The molecule has 0 aromatic carbocycles. The van der Waals surface area contributed by atoms with Crippen LogP contribution in [-0.2, 0) is 9.53 Å². The molecular formula is C11H18N2O3S. The predicted octanol–water partition coefficient (Wildman–Crippen LogP) is 1.95.